The molecule has 11 heavy (non-hydrogen) atoms. The Labute approximate surface area is 75.1 Å². The van der Waals surface area contributed by atoms with Crippen LogP contribution in [0.25, 0.3) is 6.08 Å². The molecule has 1 atom stereocenters. The molecule has 0 aliphatic heterocycles. The van der Waals surface area contributed by atoms with E-state index >= 15 is 0 Å². The summed E-state index contributed by atoms with van der Waals surface area (Å²) in [5, 5.41) is 1.01. The molecule has 1 unspecified atom stereocenters. The lowest BCUT2D eigenvalue weighted by Crippen LogP contribution is -1.92. The van der Waals surface area contributed by atoms with Crippen molar-refractivity contribution in [2.45, 2.75) is 5.92 Å². The first-order chi connectivity index (χ1) is 5.42. The van der Waals surface area contributed by atoms with Crippen LogP contribution in [0.1, 0.15) is 17.0 Å². The van der Waals surface area contributed by atoms with Gasteiger partial charge < -0.3 is 0 Å². The molecule has 0 spiro atoms. The second-order valence-electron chi connectivity index (χ2n) is 2.67. The third-order valence-electron chi connectivity index (χ3n) is 2.01. The number of hydrogen-bond donors (Lipinski definition) is 0. The smallest absolute Gasteiger partial charge is 0.0135 e. The minimum absolute atomic E-state index is 0.558. The summed E-state index contributed by atoms with van der Waals surface area (Å²) >= 11 is 3.48. The van der Waals surface area contributed by atoms with Gasteiger partial charge >= 0.3 is 0 Å². The zero-order chi connectivity index (χ0) is 7.68. The highest BCUT2D eigenvalue weighted by molar-refractivity contribution is 9.09. The van der Waals surface area contributed by atoms with Gasteiger partial charge in [0.05, 0.1) is 0 Å². The number of rotatable bonds is 1. The molecule has 0 nitrogen and oxygen atoms in total. The number of fused-ring (bicyclic) bond motifs is 1. The summed E-state index contributed by atoms with van der Waals surface area (Å²) in [6, 6.07) is 9.23. The molecule has 1 radical (unpaired) electrons. The van der Waals surface area contributed by atoms with E-state index in [0.717, 1.165) is 5.33 Å². The first-order valence-electron chi connectivity index (χ1n) is 3.66. The molecule has 55 valence electrons. The van der Waals surface area contributed by atoms with Crippen molar-refractivity contribution in [1.29, 1.82) is 0 Å². The fraction of sp³-hybridized carbons (Fsp3) is 0.200. The van der Waals surface area contributed by atoms with Crippen LogP contribution in [0.15, 0.2) is 24.3 Å². The van der Waals surface area contributed by atoms with Crippen LogP contribution in [-0.4, -0.2) is 5.33 Å². The molecule has 0 heterocycles. The van der Waals surface area contributed by atoms with Crippen molar-refractivity contribution in [3.63, 3.8) is 0 Å². The van der Waals surface area contributed by atoms with Crippen molar-refractivity contribution in [3.8, 4) is 0 Å². The Balaban J connectivity index is 2.46. The average molecular weight is 208 g/mol. The van der Waals surface area contributed by atoms with E-state index in [-0.39, 0.29) is 0 Å². The van der Waals surface area contributed by atoms with Gasteiger partial charge in [0, 0.05) is 11.2 Å². The summed E-state index contributed by atoms with van der Waals surface area (Å²) in [4.78, 5) is 0. The predicted octanol–water partition coefficient (Wildman–Crippen LogP) is 2.99. The standard InChI is InChI=1S/C10H8Br/c11-7-9-6-5-8-3-1-2-4-10(8)9/h1,3-6,9H,7H2. The van der Waals surface area contributed by atoms with Crippen LogP contribution in [0.4, 0.5) is 0 Å². The Morgan fingerprint density at radius 2 is 2.45 bits per heavy atom. The molecule has 0 aromatic heterocycles. The summed E-state index contributed by atoms with van der Waals surface area (Å²) < 4.78 is 0. The molecule has 1 aromatic rings. The van der Waals surface area contributed by atoms with Crippen LogP contribution in [0, 0.1) is 6.07 Å². The van der Waals surface area contributed by atoms with Gasteiger partial charge in [0.1, 0.15) is 0 Å². The van der Waals surface area contributed by atoms with Crippen molar-refractivity contribution in [1.82, 2.24) is 0 Å². The molecule has 1 aromatic carbocycles. The summed E-state index contributed by atoms with van der Waals surface area (Å²) in [6.45, 7) is 0. The van der Waals surface area contributed by atoms with E-state index in [2.05, 4.69) is 46.3 Å². The molecule has 0 N–H and O–H groups in total. The van der Waals surface area contributed by atoms with E-state index in [0.29, 0.717) is 5.92 Å². The van der Waals surface area contributed by atoms with Crippen molar-refractivity contribution in [2.75, 3.05) is 5.33 Å². The Bertz CT molecular complexity index is 289. The van der Waals surface area contributed by atoms with E-state index in [1.165, 1.54) is 11.1 Å². The fourth-order valence-corrected chi connectivity index (χ4v) is 1.95. The Morgan fingerprint density at radius 1 is 1.55 bits per heavy atom. The molecule has 0 fully saturated rings. The number of alkyl halides is 1. The summed E-state index contributed by atoms with van der Waals surface area (Å²) in [5.41, 5.74) is 2.73. The molecule has 0 amide bonds. The van der Waals surface area contributed by atoms with Gasteiger partial charge in [-0.3, -0.25) is 0 Å². The lowest BCUT2D eigenvalue weighted by molar-refractivity contribution is 1.02. The monoisotopic (exact) mass is 207 g/mol. The minimum atomic E-state index is 0.558. The molecule has 0 saturated heterocycles. The van der Waals surface area contributed by atoms with Gasteiger partial charge in [-0.1, -0.05) is 40.2 Å². The Kier molecular flexibility index (Phi) is 1.82. The molecule has 1 aliphatic carbocycles. The molecule has 0 saturated carbocycles. The number of halogens is 1. The van der Waals surface area contributed by atoms with Crippen LogP contribution in [0.5, 0.6) is 0 Å². The second kappa shape index (κ2) is 2.82. The predicted molar refractivity (Wildman–Crippen MR) is 50.8 cm³/mol. The van der Waals surface area contributed by atoms with Crippen LogP contribution >= 0.6 is 15.9 Å². The first-order valence-corrected chi connectivity index (χ1v) is 4.78. The highest BCUT2D eigenvalue weighted by Gasteiger charge is 2.14. The summed E-state index contributed by atoms with van der Waals surface area (Å²) in [5.74, 6) is 0.558. The van der Waals surface area contributed by atoms with Crippen LogP contribution in [-0.2, 0) is 0 Å². The van der Waals surface area contributed by atoms with Gasteiger partial charge in [0.25, 0.3) is 0 Å². The van der Waals surface area contributed by atoms with E-state index in [4.69, 9.17) is 0 Å². The van der Waals surface area contributed by atoms with E-state index in [9.17, 15) is 0 Å². The minimum Gasteiger partial charge on any atom is -0.0918 e. The lowest BCUT2D eigenvalue weighted by Gasteiger charge is -2.04. The zero-order valence-corrected chi connectivity index (χ0v) is 7.64. The quantitative estimate of drug-likeness (QED) is 0.622. The SMILES string of the molecule is BrCC1C=Cc2cc[c]cc21. The Hall–Kier alpha value is -0.560. The largest absolute Gasteiger partial charge is 0.0918 e. The maximum absolute atomic E-state index is 3.48. The summed E-state index contributed by atoms with van der Waals surface area (Å²) in [7, 11) is 0. The number of allylic oxidation sites excluding steroid dienone is 1. The average Bonchev–Trinajstić information content (AvgIpc) is 2.47. The molecule has 1 heteroatoms. The van der Waals surface area contributed by atoms with E-state index in [1.807, 2.05) is 6.07 Å². The third kappa shape index (κ3) is 1.14. The second-order valence-corrected chi connectivity index (χ2v) is 3.32. The van der Waals surface area contributed by atoms with Gasteiger partial charge in [-0.15, -0.1) is 0 Å². The van der Waals surface area contributed by atoms with Crippen molar-refractivity contribution < 1.29 is 0 Å². The highest BCUT2D eigenvalue weighted by Crippen LogP contribution is 2.30. The third-order valence-corrected chi connectivity index (χ3v) is 2.70. The van der Waals surface area contributed by atoms with Crippen LogP contribution in [0.3, 0.4) is 0 Å². The summed E-state index contributed by atoms with van der Waals surface area (Å²) in [6.07, 6.45) is 4.41. The normalized spacial score (nSPS) is 20.3. The van der Waals surface area contributed by atoms with Crippen molar-refractivity contribution in [2.24, 2.45) is 0 Å². The van der Waals surface area contributed by atoms with E-state index < -0.39 is 0 Å². The maximum atomic E-state index is 3.48. The molecule has 0 bridgehead atoms. The van der Waals surface area contributed by atoms with Gasteiger partial charge in [-0.25, -0.2) is 0 Å². The van der Waals surface area contributed by atoms with Crippen LogP contribution in [0.2, 0.25) is 0 Å². The van der Waals surface area contributed by atoms with Gasteiger partial charge in [0.15, 0.2) is 0 Å². The Morgan fingerprint density at radius 3 is 3.27 bits per heavy atom. The topological polar surface area (TPSA) is 0 Å². The van der Waals surface area contributed by atoms with Gasteiger partial charge in [0.2, 0.25) is 0 Å². The van der Waals surface area contributed by atoms with Gasteiger partial charge in [-0.2, -0.15) is 0 Å². The van der Waals surface area contributed by atoms with Crippen molar-refractivity contribution in [3.05, 3.63) is 41.5 Å². The fourth-order valence-electron chi connectivity index (χ4n) is 1.39. The lowest BCUT2D eigenvalue weighted by atomic mass is 10.0. The zero-order valence-electron chi connectivity index (χ0n) is 6.05. The molecular formula is C10H8Br. The van der Waals surface area contributed by atoms with E-state index in [1.54, 1.807) is 0 Å². The van der Waals surface area contributed by atoms with Gasteiger partial charge in [-0.05, 0) is 23.3 Å². The molecule has 1 aliphatic rings. The number of hydrogen-bond acceptors (Lipinski definition) is 0. The first kappa shape index (κ1) is 7.11. The highest BCUT2D eigenvalue weighted by atomic mass is 79.9. The number of benzene rings is 1. The van der Waals surface area contributed by atoms with Crippen molar-refractivity contribution >= 4 is 22.0 Å². The molecule has 2 rings (SSSR count). The maximum Gasteiger partial charge on any atom is 0.0135 e. The van der Waals surface area contributed by atoms with Crippen LogP contribution < -0.4 is 0 Å². The molecular weight excluding hydrogens is 200 g/mol.